The van der Waals surface area contributed by atoms with Gasteiger partial charge in [-0.15, -0.1) is 11.3 Å². The van der Waals surface area contributed by atoms with Crippen LogP contribution in [0.5, 0.6) is 0 Å². The summed E-state index contributed by atoms with van der Waals surface area (Å²) in [6.07, 6.45) is 6.40. The number of quaternary nitrogens is 1. The Kier molecular flexibility index (Phi) is 6.52. The van der Waals surface area contributed by atoms with Crippen molar-refractivity contribution in [1.82, 2.24) is 5.16 Å². The van der Waals surface area contributed by atoms with Gasteiger partial charge < -0.3 is 24.2 Å². The molecule has 3 aliphatic heterocycles. The number of piperidine rings is 3. The summed E-state index contributed by atoms with van der Waals surface area (Å²) in [5.41, 5.74) is -1.59. The molecule has 184 valence electrons. The predicted octanol–water partition coefficient (Wildman–Crippen LogP) is 3.60. The van der Waals surface area contributed by atoms with Crippen molar-refractivity contribution in [2.24, 2.45) is 11.8 Å². The summed E-state index contributed by atoms with van der Waals surface area (Å²) < 4.78 is 11.8. The summed E-state index contributed by atoms with van der Waals surface area (Å²) in [6, 6.07) is 5.42. The molecule has 5 heterocycles. The number of hydrogen-bond donors (Lipinski definition) is 2. The van der Waals surface area contributed by atoms with Gasteiger partial charge in [0.25, 0.3) is 5.91 Å². The summed E-state index contributed by atoms with van der Waals surface area (Å²) >= 11 is 1.42. The van der Waals surface area contributed by atoms with E-state index >= 15 is 0 Å². The molecule has 1 saturated carbocycles. The number of nitrogens with zero attached hydrogens (tertiary/aromatic N) is 2. The van der Waals surface area contributed by atoms with Crippen molar-refractivity contribution in [3.8, 4) is 0 Å². The lowest BCUT2D eigenvalue weighted by atomic mass is 9.75. The molecule has 2 bridgehead atoms. The van der Waals surface area contributed by atoms with Gasteiger partial charge in [-0.05, 0) is 31.2 Å². The number of aromatic nitrogens is 1. The maximum absolute atomic E-state index is 13.6. The highest BCUT2D eigenvalue weighted by molar-refractivity contribution is 7.10. The van der Waals surface area contributed by atoms with E-state index in [4.69, 9.17) is 9.26 Å². The number of nitrogens with one attached hydrogen (secondary N) is 1. The molecule has 1 amide bonds. The van der Waals surface area contributed by atoms with Crippen molar-refractivity contribution in [1.29, 1.82) is 0 Å². The minimum atomic E-state index is -1.59. The van der Waals surface area contributed by atoms with Crippen LogP contribution in [0.15, 0.2) is 28.1 Å². The molecule has 2 aromatic rings. The maximum Gasteiger partial charge on any atom is 0.344 e. The van der Waals surface area contributed by atoms with Crippen LogP contribution in [0.25, 0.3) is 0 Å². The highest BCUT2D eigenvalue weighted by atomic mass is 32.1. The van der Waals surface area contributed by atoms with Gasteiger partial charge in [0.1, 0.15) is 12.3 Å². The van der Waals surface area contributed by atoms with Crippen molar-refractivity contribution in [3.05, 3.63) is 34.2 Å². The number of anilines is 1. The van der Waals surface area contributed by atoms with E-state index < -0.39 is 11.6 Å². The average molecular weight is 489 g/mol. The standard InChI is InChI=1S/C25H33N3O5S/c1-17-14-22(27-33-17)26-23(29)16-28-11-9-18(10-12-28)20(15-28)32-24(30)25(31,21-8-5-13-34-21)19-6-3-2-4-7-19/h5,8,13-14,18-20,31H,2-4,6-7,9-12,15-16H2,1H3/p+1/t18?,20?,25-,28?/m0/s1. The van der Waals surface area contributed by atoms with E-state index in [1.165, 1.54) is 11.3 Å². The lowest BCUT2D eigenvalue weighted by Crippen LogP contribution is -2.66. The first-order valence-electron chi connectivity index (χ1n) is 12.4. The van der Waals surface area contributed by atoms with Gasteiger partial charge in [-0.25, -0.2) is 4.79 Å². The Morgan fingerprint density at radius 3 is 2.68 bits per heavy atom. The summed E-state index contributed by atoms with van der Waals surface area (Å²) in [5, 5.41) is 20.4. The molecule has 0 aromatic carbocycles. The minimum Gasteiger partial charge on any atom is -0.454 e. The van der Waals surface area contributed by atoms with Crippen LogP contribution in [0.1, 0.15) is 55.6 Å². The molecule has 0 spiro atoms. The van der Waals surface area contributed by atoms with Crippen molar-refractivity contribution >= 4 is 29.0 Å². The van der Waals surface area contributed by atoms with Gasteiger partial charge in [0, 0.05) is 35.6 Å². The van der Waals surface area contributed by atoms with Crippen LogP contribution in [0.4, 0.5) is 5.82 Å². The quantitative estimate of drug-likeness (QED) is 0.456. The first kappa shape index (κ1) is 23.5. The normalized spacial score (nSPS) is 28.9. The molecule has 3 saturated heterocycles. The topological polar surface area (TPSA) is 102 Å². The van der Waals surface area contributed by atoms with Crippen molar-refractivity contribution in [2.75, 3.05) is 31.5 Å². The van der Waals surface area contributed by atoms with Crippen molar-refractivity contribution in [3.63, 3.8) is 0 Å². The Hall–Kier alpha value is -2.23. The third kappa shape index (κ3) is 4.53. The molecule has 1 unspecified atom stereocenters. The van der Waals surface area contributed by atoms with Crippen LogP contribution in [0.2, 0.25) is 0 Å². The number of aryl methyl sites for hydroxylation is 1. The first-order chi connectivity index (χ1) is 16.4. The van der Waals surface area contributed by atoms with E-state index in [1.54, 1.807) is 13.0 Å². The Labute approximate surface area is 203 Å². The van der Waals surface area contributed by atoms with Crippen LogP contribution < -0.4 is 5.32 Å². The molecule has 2 atom stereocenters. The van der Waals surface area contributed by atoms with E-state index in [9.17, 15) is 14.7 Å². The molecular formula is C25H34N3O5S+. The Bertz CT molecular complexity index is 1010. The summed E-state index contributed by atoms with van der Waals surface area (Å²) in [6.45, 7) is 4.48. The fraction of sp³-hybridized carbons (Fsp3) is 0.640. The second kappa shape index (κ2) is 9.43. The molecule has 2 aromatic heterocycles. The van der Waals surface area contributed by atoms with Gasteiger partial charge in [-0.3, -0.25) is 4.79 Å². The maximum atomic E-state index is 13.6. The summed E-state index contributed by atoms with van der Waals surface area (Å²) in [5.74, 6) is 0.600. The SMILES string of the molecule is Cc1cc(NC(=O)C[N+]23CCC(CC2)C(OC(=O)[C@@](O)(c2cccs2)C2CCCCC2)C3)no1. The first-order valence-corrected chi connectivity index (χ1v) is 13.3. The van der Waals surface area contributed by atoms with E-state index in [1.807, 2.05) is 17.5 Å². The number of hydrogen-bond acceptors (Lipinski definition) is 7. The number of ether oxygens (including phenoxy) is 1. The third-order valence-electron chi connectivity index (χ3n) is 8.08. The zero-order chi connectivity index (χ0) is 23.8. The fourth-order valence-electron chi connectivity index (χ4n) is 6.20. The van der Waals surface area contributed by atoms with Crippen LogP contribution >= 0.6 is 11.3 Å². The number of carbonyl (C=O) groups excluding carboxylic acids is 2. The van der Waals surface area contributed by atoms with Crippen LogP contribution in [0, 0.1) is 18.8 Å². The molecule has 0 radical (unpaired) electrons. The molecule has 34 heavy (non-hydrogen) atoms. The van der Waals surface area contributed by atoms with Crippen LogP contribution in [-0.4, -0.2) is 58.9 Å². The summed E-state index contributed by atoms with van der Waals surface area (Å²) in [4.78, 5) is 27.1. The van der Waals surface area contributed by atoms with Gasteiger partial charge in [0.05, 0.1) is 13.1 Å². The van der Waals surface area contributed by atoms with Gasteiger partial charge >= 0.3 is 5.97 Å². The monoisotopic (exact) mass is 488 g/mol. The Morgan fingerprint density at radius 2 is 2.03 bits per heavy atom. The molecule has 2 N–H and O–H groups in total. The molecular weight excluding hydrogens is 454 g/mol. The molecule has 9 heteroatoms. The predicted molar refractivity (Wildman–Crippen MR) is 127 cm³/mol. The Balaban J connectivity index is 1.29. The van der Waals surface area contributed by atoms with Crippen LogP contribution in [0.3, 0.4) is 0 Å². The van der Waals surface area contributed by atoms with E-state index in [2.05, 4.69) is 10.5 Å². The second-order valence-corrected chi connectivity index (χ2v) is 11.3. The lowest BCUT2D eigenvalue weighted by Gasteiger charge is -2.52. The van der Waals surface area contributed by atoms with Crippen molar-refractivity contribution in [2.45, 2.75) is 63.6 Å². The number of carbonyl (C=O) groups is 2. The zero-order valence-corrected chi connectivity index (χ0v) is 20.5. The minimum absolute atomic E-state index is 0.115. The highest BCUT2D eigenvalue weighted by Gasteiger charge is 2.53. The zero-order valence-electron chi connectivity index (χ0n) is 19.7. The average Bonchev–Trinajstić information content (AvgIpc) is 3.52. The smallest absolute Gasteiger partial charge is 0.344 e. The van der Waals surface area contributed by atoms with Gasteiger partial charge in [0.15, 0.2) is 24.1 Å². The molecule has 6 rings (SSSR count). The van der Waals surface area contributed by atoms with Crippen LogP contribution in [-0.2, 0) is 19.9 Å². The molecule has 4 aliphatic rings. The van der Waals surface area contributed by atoms with E-state index in [0.29, 0.717) is 34.0 Å². The number of thiophene rings is 1. The largest absolute Gasteiger partial charge is 0.454 e. The van der Waals surface area contributed by atoms with Gasteiger partial charge in [-0.1, -0.05) is 30.5 Å². The second-order valence-electron chi connectivity index (χ2n) is 10.4. The summed E-state index contributed by atoms with van der Waals surface area (Å²) in [7, 11) is 0. The van der Waals surface area contributed by atoms with E-state index in [0.717, 1.165) is 58.0 Å². The van der Waals surface area contributed by atoms with E-state index in [-0.39, 0.29) is 23.8 Å². The van der Waals surface area contributed by atoms with Gasteiger partial charge in [0.2, 0.25) is 0 Å². The number of rotatable bonds is 7. The number of esters is 1. The molecule has 4 fully saturated rings. The Morgan fingerprint density at radius 1 is 1.26 bits per heavy atom. The third-order valence-corrected chi connectivity index (χ3v) is 9.07. The fourth-order valence-corrected chi connectivity index (χ4v) is 7.09. The number of amides is 1. The molecule has 1 aliphatic carbocycles. The van der Waals surface area contributed by atoms with Crippen molar-refractivity contribution < 1.29 is 28.4 Å². The lowest BCUT2D eigenvalue weighted by molar-refractivity contribution is -0.939. The van der Waals surface area contributed by atoms with Gasteiger partial charge in [-0.2, -0.15) is 0 Å². The number of aliphatic hydroxyl groups is 1. The highest BCUT2D eigenvalue weighted by Crippen LogP contribution is 2.43. The number of fused-ring (bicyclic) bond motifs is 3. The molecule has 8 nitrogen and oxygen atoms in total.